The Bertz CT molecular complexity index is 588. The van der Waals surface area contributed by atoms with Crippen LogP contribution in [0, 0.1) is 0 Å². The summed E-state index contributed by atoms with van der Waals surface area (Å²) in [6, 6.07) is 4.26. The summed E-state index contributed by atoms with van der Waals surface area (Å²) in [6.45, 7) is 3.00. The lowest BCUT2D eigenvalue weighted by Crippen LogP contribution is -2.31. The molecule has 2 amide bonds. The molecule has 3 rings (SSSR count). The van der Waals surface area contributed by atoms with Crippen LogP contribution in [0.25, 0.3) is 0 Å². The van der Waals surface area contributed by atoms with Crippen molar-refractivity contribution in [3.05, 3.63) is 28.2 Å². The number of anilines is 1. The molecule has 0 radical (unpaired) electrons. The van der Waals surface area contributed by atoms with Crippen LogP contribution in [0.1, 0.15) is 0 Å². The summed E-state index contributed by atoms with van der Waals surface area (Å²) in [7, 11) is -2.91. The summed E-state index contributed by atoms with van der Waals surface area (Å²) < 4.78 is 16.2. The van der Waals surface area contributed by atoms with Crippen molar-refractivity contribution in [1.82, 2.24) is 14.4 Å². The first kappa shape index (κ1) is 14.2. The fourth-order valence-corrected chi connectivity index (χ4v) is 4.34. The molecule has 0 bridgehead atoms. The lowest BCUT2D eigenvalue weighted by Gasteiger charge is -2.21. The normalized spacial score (nSPS) is 18.7. The Morgan fingerprint density at radius 3 is 2.20 bits per heavy atom. The molecule has 9 heteroatoms. The number of halogens is 2. The number of urea groups is 1. The van der Waals surface area contributed by atoms with E-state index in [1.165, 1.54) is 0 Å². The lowest BCUT2D eigenvalue weighted by molar-refractivity contribution is 0.255. The molecule has 6 nitrogen and oxygen atoms in total. The van der Waals surface area contributed by atoms with Gasteiger partial charge in [0, 0.05) is 31.9 Å². The summed E-state index contributed by atoms with van der Waals surface area (Å²) in [4.78, 5) is 12.0. The minimum absolute atomic E-state index is 0.351. The van der Waals surface area contributed by atoms with E-state index < -0.39 is 13.6 Å². The SMILES string of the molecule is O=C(Nc1ccc(Cl)c(Cl)c1)NP(=O)(N1CC1)N1CC1. The first-order valence-electron chi connectivity index (χ1n) is 6.14. The van der Waals surface area contributed by atoms with Crippen LogP contribution in [0.5, 0.6) is 0 Å². The Morgan fingerprint density at radius 1 is 1.10 bits per heavy atom. The highest BCUT2D eigenvalue weighted by Gasteiger charge is 2.49. The molecule has 2 heterocycles. The van der Waals surface area contributed by atoms with Gasteiger partial charge in [0.1, 0.15) is 0 Å². The summed E-state index contributed by atoms with van der Waals surface area (Å²) in [6.07, 6.45) is 0. The van der Waals surface area contributed by atoms with E-state index in [9.17, 15) is 9.36 Å². The van der Waals surface area contributed by atoms with E-state index in [0.717, 1.165) is 26.2 Å². The predicted octanol–water partition coefficient (Wildman–Crippen LogP) is 2.85. The van der Waals surface area contributed by atoms with E-state index in [1.54, 1.807) is 27.5 Å². The van der Waals surface area contributed by atoms with Crippen LogP contribution in [0.3, 0.4) is 0 Å². The zero-order valence-electron chi connectivity index (χ0n) is 10.5. The van der Waals surface area contributed by atoms with Crippen molar-refractivity contribution in [3.63, 3.8) is 0 Å². The third-order valence-corrected chi connectivity index (χ3v) is 6.61. The molecule has 2 N–H and O–H groups in total. The number of amides is 2. The van der Waals surface area contributed by atoms with Gasteiger partial charge in [0.15, 0.2) is 0 Å². The van der Waals surface area contributed by atoms with Gasteiger partial charge in [0.2, 0.25) is 0 Å². The molecule has 0 unspecified atom stereocenters. The smallest absolute Gasteiger partial charge is 0.308 e. The van der Waals surface area contributed by atoms with Gasteiger partial charge < -0.3 is 5.32 Å². The van der Waals surface area contributed by atoms with Gasteiger partial charge in [-0.05, 0) is 18.2 Å². The molecule has 0 aliphatic carbocycles. The van der Waals surface area contributed by atoms with Crippen molar-refractivity contribution >= 4 is 42.5 Å². The van der Waals surface area contributed by atoms with Crippen LogP contribution in [-0.4, -0.2) is 41.6 Å². The van der Waals surface area contributed by atoms with E-state index in [4.69, 9.17) is 23.2 Å². The monoisotopic (exact) mass is 334 g/mol. The van der Waals surface area contributed by atoms with Gasteiger partial charge in [-0.1, -0.05) is 23.2 Å². The summed E-state index contributed by atoms with van der Waals surface area (Å²) in [5, 5.41) is 5.96. The molecule has 0 spiro atoms. The fraction of sp³-hybridized carbons (Fsp3) is 0.364. The maximum absolute atomic E-state index is 12.7. The van der Waals surface area contributed by atoms with E-state index in [0.29, 0.717) is 15.7 Å². The van der Waals surface area contributed by atoms with E-state index in [2.05, 4.69) is 10.4 Å². The van der Waals surface area contributed by atoms with Crippen LogP contribution in [0.2, 0.25) is 10.0 Å². The number of carbonyl (C=O) groups excluding carboxylic acids is 1. The number of hydrogen-bond donors (Lipinski definition) is 2. The Morgan fingerprint density at radius 2 is 1.70 bits per heavy atom. The van der Waals surface area contributed by atoms with Crippen molar-refractivity contribution in [1.29, 1.82) is 0 Å². The summed E-state index contributed by atoms with van der Waals surface area (Å²) >= 11 is 11.7. The molecule has 2 aliphatic rings. The summed E-state index contributed by atoms with van der Waals surface area (Å²) in [5.41, 5.74) is 0.500. The standard InChI is InChI=1S/C11H13Cl2N4O2P/c12-9-2-1-8(7-10(9)13)14-11(18)15-20(19,16-3-4-16)17-5-6-17/h1-2,7H,3-6H2,(H2,14,15,18,19). The summed E-state index contributed by atoms with van der Waals surface area (Å²) in [5.74, 6) is 0. The Kier molecular flexibility index (Phi) is 3.69. The molecule has 2 aliphatic heterocycles. The van der Waals surface area contributed by atoms with Gasteiger partial charge in [-0.3, -0.25) is 9.65 Å². The van der Waals surface area contributed by atoms with E-state index in [1.807, 2.05) is 0 Å². The molecule has 20 heavy (non-hydrogen) atoms. The third kappa shape index (κ3) is 2.95. The highest BCUT2D eigenvalue weighted by Crippen LogP contribution is 2.56. The lowest BCUT2D eigenvalue weighted by atomic mass is 10.3. The van der Waals surface area contributed by atoms with Gasteiger partial charge in [-0.15, -0.1) is 0 Å². The van der Waals surface area contributed by atoms with Crippen LogP contribution < -0.4 is 10.4 Å². The van der Waals surface area contributed by atoms with Crippen LogP contribution >= 0.6 is 30.8 Å². The highest BCUT2D eigenvalue weighted by molar-refractivity contribution is 7.58. The highest BCUT2D eigenvalue weighted by atomic mass is 35.5. The molecular weight excluding hydrogens is 322 g/mol. The minimum Gasteiger partial charge on any atom is -0.308 e. The van der Waals surface area contributed by atoms with Crippen molar-refractivity contribution in [3.8, 4) is 0 Å². The number of rotatable bonds is 4. The van der Waals surface area contributed by atoms with Crippen molar-refractivity contribution in [2.45, 2.75) is 0 Å². The van der Waals surface area contributed by atoms with Crippen molar-refractivity contribution in [2.24, 2.45) is 0 Å². The van der Waals surface area contributed by atoms with Crippen LogP contribution in [-0.2, 0) is 4.57 Å². The van der Waals surface area contributed by atoms with Gasteiger partial charge in [0.25, 0.3) is 0 Å². The Labute approximate surface area is 126 Å². The maximum Gasteiger partial charge on any atom is 0.326 e. The van der Waals surface area contributed by atoms with Crippen LogP contribution in [0.15, 0.2) is 18.2 Å². The van der Waals surface area contributed by atoms with E-state index in [-0.39, 0.29) is 0 Å². The van der Waals surface area contributed by atoms with Crippen molar-refractivity contribution in [2.75, 3.05) is 31.5 Å². The zero-order valence-corrected chi connectivity index (χ0v) is 12.9. The number of nitrogens with zero attached hydrogens (tertiary/aromatic N) is 2. The first-order valence-corrected chi connectivity index (χ1v) is 8.51. The van der Waals surface area contributed by atoms with Gasteiger partial charge in [-0.25, -0.2) is 14.1 Å². The number of carbonyl (C=O) groups is 1. The number of hydrogen-bond acceptors (Lipinski definition) is 2. The average molecular weight is 335 g/mol. The van der Waals surface area contributed by atoms with Gasteiger partial charge in [-0.2, -0.15) is 0 Å². The van der Waals surface area contributed by atoms with Gasteiger partial charge >= 0.3 is 13.6 Å². The topological polar surface area (TPSA) is 64.2 Å². The van der Waals surface area contributed by atoms with Crippen LogP contribution in [0.4, 0.5) is 10.5 Å². The molecule has 1 aromatic rings. The second-order valence-electron chi connectivity index (χ2n) is 4.65. The Balaban J connectivity index is 1.67. The fourth-order valence-electron chi connectivity index (χ4n) is 1.82. The molecule has 2 saturated heterocycles. The maximum atomic E-state index is 12.7. The minimum atomic E-state index is -2.91. The number of benzene rings is 1. The first-order chi connectivity index (χ1) is 9.49. The van der Waals surface area contributed by atoms with Gasteiger partial charge in [0.05, 0.1) is 10.0 Å². The molecule has 108 valence electrons. The second-order valence-corrected chi connectivity index (χ2v) is 7.90. The molecule has 0 saturated carbocycles. The molecule has 2 fully saturated rings. The molecule has 0 atom stereocenters. The molecular formula is C11H13Cl2N4O2P. The third-order valence-electron chi connectivity index (χ3n) is 3.04. The Hall–Kier alpha value is -0.780. The predicted molar refractivity (Wildman–Crippen MR) is 79.4 cm³/mol. The van der Waals surface area contributed by atoms with E-state index >= 15 is 0 Å². The zero-order chi connectivity index (χ0) is 14.3. The van der Waals surface area contributed by atoms with Crippen molar-refractivity contribution < 1.29 is 9.36 Å². The second kappa shape index (κ2) is 5.20. The average Bonchev–Trinajstić information content (AvgIpc) is 3.27. The largest absolute Gasteiger partial charge is 0.326 e. The number of nitrogens with one attached hydrogen (secondary N) is 2. The molecule has 1 aromatic carbocycles. The molecule has 0 aromatic heterocycles. The quantitative estimate of drug-likeness (QED) is 0.656.